The zero-order chi connectivity index (χ0) is 15.5. The minimum Gasteiger partial charge on any atom is -0.508 e. The molecular formula is C17H15NO4. The summed E-state index contributed by atoms with van der Waals surface area (Å²) in [5, 5.41) is 23.7. The van der Waals surface area contributed by atoms with Gasteiger partial charge >= 0.3 is 0 Å². The molecule has 5 heteroatoms. The maximum Gasteiger partial charge on any atom is 0.257 e. The van der Waals surface area contributed by atoms with E-state index < -0.39 is 16.9 Å². The molecule has 1 amide bonds. The van der Waals surface area contributed by atoms with Crippen LogP contribution >= 0.6 is 0 Å². The Morgan fingerprint density at radius 1 is 1.18 bits per heavy atom. The molecule has 0 unspecified atom stereocenters. The number of aromatic hydroxyl groups is 1. The number of rotatable bonds is 2. The van der Waals surface area contributed by atoms with Crippen LogP contribution in [0.15, 0.2) is 42.5 Å². The smallest absolute Gasteiger partial charge is 0.257 e. The molecule has 1 saturated carbocycles. The van der Waals surface area contributed by atoms with Crippen molar-refractivity contribution in [2.45, 2.75) is 17.4 Å². The van der Waals surface area contributed by atoms with E-state index in [0.717, 1.165) is 5.56 Å². The highest BCUT2D eigenvalue weighted by molar-refractivity contribution is 6.07. The summed E-state index contributed by atoms with van der Waals surface area (Å²) < 4.78 is 5.15. The van der Waals surface area contributed by atoms with Crippen LogP contribution in [0, 0.1) is 0 Å². The highest BCUT2D eigenvalue weighted by Crippen LogP contribution is 2.67. The molecule has 22 heavy (non-hydrogen) atoms. The number of aliphatic hydroxyl groups is 1. The van der Waals surface area contributed by atoms with Gasteiger partial charge in [0.15, 0.2) is 5.60 Å². The quantitative estimate of drug-likeness (QED) is 0.789. The van der Waals surface area contributed by atoms with Crippen LogP contribution in [0.3, 0.4) is 0 Å². The van der Waals surface area contributed by atoms with E-state index in [1.807, 2.05) is 12.1 Å². The predicted octanol–water partition coefficient (Wildman–Crippen LogP) is 1.77. The number of anilines is 1. The van der Waals surface area contributed by atoms with Crippen molar-refractivity contribution in [2.75, 3.05) is 12.4 Å². The second-order valence-electron chi connectivity index (χ2n) is 5.82. The Bertz CT molecular complexity index is 786. The Labute approximate surface area is 127 Å². The van der Waals surface area contributed by atoms with Gasteiger partial charge in [0.2, 0.25) is 0 Å². The minimum absolute atomic E-state index is 0.0734. The Morgan fingerprint density at radius 3 is 2.59 bits per heavy atom. The van der Waals surface area contributed by atoms with Crippen LogP contribution in [-0.2, 0) is 10.2 Å². The number of methoxy groups -OCH3 is 1. The molecule has 1 aliphatic heterocycles. The monoisotopic (exact) mass is 297 g/mol. The maximum absolute atomic E-state index is 12.3. The van der Waals surface area contributed by atoms with Crippen molar-refractivity contribution in [3.63, 3.8) is 0 Å². The average molecular weight is 297 g/mol. The molecule has 0 spiro atoms. The average Bonchev–Trinajstić information content (AvgIpc) is 3.17. The predicted molar refractivity (Wildman–Crippen MR) is 80.1 cm³/mol. The maximum atomic E-state index is 12.3. The zero-order valence-corrected chi connectivity index (χ0v) is 12.0. The van der Waals surface area contributed by atoms with Gasteiger partial charge in [0, 0.05) is 17.7 Å². The summed E-state index contributed by atoms with van der Waals surface area (Å²) in [5.41, 5.74) is -0.519. The SMILES string of the molecule is COc1ccc([C@@]23C[C@@]2(O)C(=O)Nc2cccc(O)c23)cc1. The van der Waals surface area contributed by atoms with Crippen molar-refractivity contribution in [2.24, 2.45) is 0 Å². The molecule has 3 N–H and O–H groups in total. The van der Waals surface area contributed by atoms with Crippen LogP contribution in [0.2, 0.25) is 0 Å². The molecule has 2 aromatic carbocycles. The number of hydrogen-bond acceptors (Lipinski definition) is 4. The number of hydrogen-bond donors (Lipinski definition) is 3. The molecule has 1 heterocycles. The van der Waals surface area contributed by atoms with Crippen molar-refractivity contribution in [1.29, 1.82) is 0 Å². The van der Waals surface area contributed by atoms with Crippen molar-refractivity contribution in [3.05, 3.63) is 53.6 Å². The molecule has 2 aromatic rings. The summed E-state index contributed by atoms with van der Waals surface area (Å²) in [5.74, 6) is 0.341. The van der Waals surface area contributed by atoms with E-state index in [1.54, 1.807) is 37.4 Å². The lowest BCUT2D eigenvalue weighted by molar-refractivity contribution is -0.127. The summed E-state index contributed by atoms with van der Waals surface area (Å²) in [6, 6.07) is 12.2. The molecule has 0 radical (unpaired) electrons. The van der Waals surface area contributed by atoms with Crippen molar-refractivity contribution in [1.82, 2.24) is 0 Å². The van der Waals surface area contributed by atoms with Gasteiger partial charge in [0.1, 0.15) is 11.5 Å². The Morgan fingerprint density at radius 2 is 1.91 bits per heavy atom. The molecule has 1 aliphatic carbocycles. The van der Waals surface area contributed by atoms with E-state index in [-0.39, 0.29) is 12.2 Å². The number of ether oxygens (including phenoxy) is 1. The summed E-state index contributed by atoms with van der Waals surface area (Å²) in [4.78, 5) is 12.3. The van der Waals surface area contributed by atoms with Crippen molar-refractivity contribution >= 4 is 11.6 Å². The number of carbonyl (C=O) groups excluding carboxylic acids is 1. The van der Waals surface area contributed by atoms with Crippen molar-refractivity contribution in [3.8, 4) is 11.5 Å². The first-order chi connectivity index (χ1) is 10.5. The molecule has 0 saturated heterocycles. The Hall–Kier alpha value is -2.53. The fourth-order valence-electron chi connectivity index (χ4n) is 3.59. The topological polar surface area (TPSA) is 78.8 Å². The summed E-state index contributed by atoms with van der Waals surface area (Å²) in [7, 11) is 1.58. The molecule has 5 nitrogen and oxygen atoms in total. The van der Waals surface area contributed by atoms with Gasteiger partial charge in [-0.2, -0.15) is 0 Å². The third-order valence-corrected chi connectivity index (χ3v) is 4.78. The molecule has 0 aromatic heterocycles. The number of carbonyl (C=O) groups is 1. The molecule has 112 valence electrons. The molecule has 4 rings (SSSR count). The van der Waals surface area contributed by atoms with Crippen LogP contribution in [0.1, 0.15) is 17.5 Å². The summed E-state index contributed by atoms with van der Waals surface area (Å²) in [6.07, 6.45) is 0.253. The number of phenols is 1. The second kappa shape index (κ2) is 4.01. The minimum atomic E-state index is -1.52. The van der Waals surface area contributed by atoms with Gasteiger partial charge in [0.25, 0.3) is 5.91 Å². The van der Waals surface area contributed by atoms with E-state index in [1.165, 1.54) is 0 Å². The number of amides is 1. The molecule has 1 fully saturated rings. The summed E-state index contributed by atoms with van der Waals surface area (Å²) >= 11 is 0. The normalized spacial score (nSPS) is 28.4. The van der Waals surface area contributed by atoms with Gasteiger partial charge in [0.05, 0.1) is 12.5 Å². The van der Waals surface area contributed by atoms with E-state index in [0.29, 0.717) is 17.0 Å². The van der Waals surface area contributed by atoms with Gasteiger partial charge in [-0.3, -0.25) is 4.79 Å². The van der Waals surface area contributed by atoms with Crippen LogP contribution in [-0.4, -0.2) is 28.8 Å². The van der Waals surface area contributed by atoms with E-state index in [9.17, 15) is 15.0 Å². The van der Waals surface area contributed by atoms with Crippen LogP contribution < -0.4 is 10.1 Å². The van der Waals surface area contributed by atoms with Crippen LogP contribution in [0.5, 0.6) is 11.5 Å². The molecular weight excluding hydrogens is 282 g/mol. The number of phenolic OH excluding ortho intramolecular Hbond substituents is 1. The number of nitrogens with one attached hydrogen (secondary N) is 1. The van der Waals surface area contributed by atoms with Gasteiger partial charge in [-0.1, -0.05) is 18.2 Å². The zero-order valence-electron chi connectivity index (χ0n) is 12.0. The van der Waals surface area contributed by atoms with Crippen LogP contribution in [0.4, 0.5) is 5.69 Å². The fraction of sp³-hybridized carbons (Fsp3) is 0.235. The lowest BCUT2D eigenvalue weighted by Crippen LogP contribution is -2.42. The summed E-state index contributed by atoms with van der Waals surface area (Å²) in [6.45, 7) is 0. The third-order valence-electron chi connectivity index (χ3n) is 4.78. The highest BCUT2D eigenvalue weighted by atomic mass is 16.5. The van der Waals surface area contributed by atoms with Gasteiger partial charge < -0.3 is 20.3 Å². The fourth-order valence-corrected chi connectivity index (χ4v) is 3.59. The molecule has 0 bridgehead atoms. The first-order valence-electron chi connectivity index (χ1n) is 7.04. The molecule has 2 atom stereocenters. The third kappa shape index (κ3) is 1.39. The Balaban J connectivity index is 1.96. The van der Waals surface area contributed by atoms with E-state index in [2.05, 4.69) is 5.32 Å². The Kier molecular flexibility index (Phi) is 2.40. The molecule has 2 aliphatic rings. The standard InChI is InChI=1S/C17H15NO4/c1-22-11-7-5-10(6-8-11)16-9-17(16,21)15(20)18-12-3-2-4-13(19)14(12)16/h2-8,19,21H,9H2,1H3,(H,18,20)/t16-,17-/m1/s1. The van der Waals surface area contributed by atoms with Crippen LogP contribution in [0.25, 0.3) is 0 Å². The largest absolute Gasteiger partial charge is 0.508 e. The van der Waals surface area contributed by atoms with E-state index >= 15 is 0 Å². The van der Waals surface area contributed by atoms with Gasteiger partial charge in [-0.05, 0) is 29.8 Å². The van der Waals surface area contributed by atoms with Gasteiger partial charge in [-0.25, -0.2) is 0 Å². The first kappa shape index (κ1) is 13.2. The number of benzene rings is 2. The van der Waals surface area contributed by atoms with Gasteiger partial charge in [-0.15, -0.1) is 0 Å². The lowest BCUT2D eigenvalue weighted by Gasteiger charge is -2.30. The second-order valence-corrected chi connectivity index (χ2v) is 5.82. The first-order valence-corrected chi connectivity index (χ1v) is 7.04. The number of fused-ring (bicyclic) bond motifs is 3. The van der Waals surface area contributed by atoms with Crippen molar-refractivity contribution < 1.29 is 19.7 Å². The van der Waals surface area contributed by atoms with E-state index in [4.69, 9.17) is 4.74 Å². The highest BCUT2D eigenvalue weighted by Gasteiger charge is 2.76. The lowest BCUT2D eigenvalue weighted by atomic mass is 9.80.